The second-order valence-electron chi connectivity index (χ2n) is 4.14. The average molecular weight is 216 g/mol. The maximum atomic E-state index is 11.4. The third kappa shape index (κ3) is 1.32. The first-order chi connectivity index (χ1) is 7.78. The van der Waals surface area contributed by atoms with Crippen molar-refractivity contribution >= 4 is 11.4 Å². The summed E-state index contributed by atoms with van der Waals surface area (Å²) in [7, 11) is 1.64. The molecular weight excluding hydrogens is 204 g/mol. The lowest BCUT2D eigenvalue weighted by molar-refractivity contribution is -0.114. The number of fused-ring (bicyclic) bond motifs is 3. The van der Waals surface area contributed by atoms with Gasteiger partial charge in [-0.3, -0.25) is 4.79 Å². The molecule has 1 atom stereocenters. The summed E-state index contributed by atoms with van der Waals surface area (Å²) < 4.78 is 10.8. The van der Waals surface area contributed by atoms with E-state index in [2.05, 4.69) is 0 Å². The number of ether oxygens (including phenoxy) is 2. The molecule has 0 bridgehead atoms. The lowest BCUT2D eigenvalue weighted by atomic mass is 9.92. The predicted octanol–water partition coefficient (Wildman–Crippen LogP) is 2.06. The zero-order valence-electron chi connectivity index (χ0n) is 9.03. The first-order valence-corrected chi connectivity index (χ1v) is 5.33. The molecule has 1 unspecified atom stereocenters. The molecule has 0 N–H and O–H groups in total. The molecular formula is C13H12O3. The van der Waals surface area contributed by atoms with Gasteiger partial charge < -0.3 is 9.47 Å². The molecule has 0 aromatic heterocycles. The van der Waals surface area contributed by atoms with Crippen LogP contribution in [-0.4, -0.2) is 19.5 Å². The Bertz CT molecular complexity index is 488. The Morgan fingerprint density at radius 1 is 1.44 bits per heavy atom. The third-order valence-corrected chi connectivity index (χ3v) is 3.14. The molecule has 0 spiro atoms. The number of allylic oxidation sites excluding steroid dienone is 1. The monoisotopic (exact) mass is 216 g/mol. The van der Waals surface area contributed by atoms with Gasteiger partial charge in [-0.2, -0.15) is 0 Å². The molecule has 1 aromatic rings. The van der Waals surface area contributed by atoms with E-state index in [1.165, 1.54) is 0 Å². The van der Waals surface area contributed by atoms with Gasteiger partial charge in [0.15, 0.2) is 5.78 Å². The zero-order chi connectivity index (χ0) is 11.1. The van der Waals surface area contributed by atoms with Crippen molar-refractivity contribution in [3.05, 3.63) is 29.8 Å². The summed E-state index contributed by atoms with van der Waals surface area (Å²) in [6, 6.07) is 5.70. The van der Waals surface area contributed by atoms with E-state index < -0.39 is 0 Å². The maximum absolute atomic E-state index is 11.4. The second-order valence-corrected chi connectivity index (χ2v) is 4.14. The van der Waals surface area contributed by atoms with Crippen molar-refractivity contribution in [3.8, 4) is 11.5 Å². The quantitative estimate of drug-likeness (QED) is 0.720. The Kier molecular flexibility index (Phi) is 1.99. The molecule has 3 rings (SSSR count). The van der Waals surface area contributed by atoms with Gasteiger partial charge in [-0.05, 0) is 29.8 Å². The van der Waals surface area contributed by atoms with E-state index in [1.54, 1.807) is 13.2 Å². The molecule has 1 aromatic carbocycles. The van der Waals surface area contributed by atoms with Gasteiger partial charge in [0.1, 0.15) is 11.5 Å². The second kappa shape index (κ2) is 3.37. The van der Waals surface area contributed by atoms with Crippen LogP contribution in [0.1, 0.15) is 12.0 Å². The molecule has 16 heavy (non-hydrogen) atoms. The molecule has 0 fully saturated rings. The number of hydrogen-bond donors (Lipinski definition) is 0. The lowest BCUT2D eigenvalue weighted by Gasteiger charge is -2.24. The Labute approximate surface area is 93.7 Å². The normalized spacial score (nSPS) is 21.9. The number of ketones is 1. The number of carbonyl (C=O) groups excluding carboxylic acids is 1. The minimum absolute atomic E-state index is 0.194. The van der Waals surface area contributed by atoms with Crippen LogP contribution in [0.3, 0.4) is 0 Å². The summed E-state index contributed by atoms with van der Waals surface area (Å²) in [6.45, 7) is 0.608. The molecule has 82 valence electrons. The minimum Gasteiger partial charge on any atom is -0.497 e. The van der Waals surface area contributed by atoms with Crippen LogP contribution in [0.2, 0.25) is 0 Å². The van der Waals surface area contributed by atoms with E-state index in [0.717, 1.165) is 22.6 Å². The van der Waals surface area contributed by atoms with Crippen molar-refractivity contribution in [2.75, 3.05) is 13.7 Å². The van der Waals surface area contributed by atoms with Crippen molar-refractivity contribution in [3.63, 3.8) is 0 Å². The Balaban J connectivity index is 2.12. The summed E-state index contributed by atoms with van der Waals surface area (Å²) in [6.07, 6.45) is 2.32. The largest absolute Gasteiger partial charge is 0.497 e. The van der Waals surface area contributed by atoms with Crippen molar-refractivity contribution in [2.45, 2.75) is 6.42 Å². The smallest absolute Gasteiger partial charge is 0.156 e. The van der Waals surface area contributed by atoms with E-state index in [9.17, 15) is 4.79 Å². The van der Waals surface area contributed by atoms with Crippen molar-refractivity contribution in [1.82, 2.24) is 0 Å². The summed E-state index contributed by atoms with van der Waals surface area (Å²) >= 11 is 0. The molecule has 0 saturated carbocycles. The standard InChI is InChI=1S/C13H12O3/c1-15-10-2-3-13-12(6-10)11-5-9(14)4-8(11)7-16-13/h2-3,5-6,8H,4,7H2,1H3. The first kappa shape index (κ1) is 9.46. The van der Waals surface area contributed by atoms with Gasteiger partial charge in [0.05, 0.1) is 13.7 Å². The van der Waals surface area contributed by atoms with Gasteiger partial charge >= 0.3 is 0 Å². The summed E-state index contributed by atoms with van der Waals surface area (Å²) in [5, 5.41) is 0. The Hall–Kier alpha value is -1.77. The van der Waals surface area contributed by atoms with Gasteiger partial charge in [-0.25, -0.2) is 0 Å². The number of carbonyl (C=O) groups is 1. The van der Waals surface area contributed by atoms with Crippen molar-refractivity contribution in [2.24, 2.45) is 5.92 Å². The highest BCUT2D eigenvalue weighted by Gasteiger charge is 2.31. The van der Waals surface area contributed by atoms with Crippen LogP contribution >= 0.6 is 0 Å². The molecule has 1 aliphatic heterocycles. The molecule has 0 saturated heterocycles. The molecule has 0 amide bonds. The number of benzene rings is 1. The van der Waals surface area contributed by atoms with Crippen LogP contribution in [0.4, 0.5) is 0 Å². The number of rotatable bonds is 1. The van der Waals surface area contributed by atoms with Gasteiger partial charge in [-0.15, -0.1) is 0 Å². The Morgan fingerprint density at radius 3 is 3.12 bits per heavy atom. The van der Waals surface area contributed by atoms with Crippen LogP contribution in [-0.2, 0) is 4.79 Å². The van der Waals surface area contributed by atoms with Crippen LogP contribution in [0.15, 0.2) is 24.3 Å². The van der Waals surface area contributed by atoms with Crippen LogP contribution in [0.5, 0.6) is 11.5 Å². The van der Waals surface area contributed by atoms with Crippen LogP contribution < -0.4 is 9.47 Å². The van der Waals surface area contributed by atoms with Gasteiger partial charge in [0, 0.05) is 17.9 Å². The minimum atomic E-state index is 0.194. The molecule has 3 heteroatoms. The highest BCUT2D eigenvalue weighted by molar-refractivity contribution is 6.03. The average Bonchev–Trinajstić information content (AvgIpc) is 2.69. The highest BCUT2D eigenvalue weighted by Crippen LogP contribution is 2.42. The summed E-state index contributed by atoms with van der Waals surface area (Å²) in [5.41, 5.74) is 2.10. The Morgan fingerprint density at radius 2 is 2.31 bits per heavy atom. The topological polar surface area (TPSA) is 35.5 Å². The van der Waals surface area contributed by atoms with Crippen molar-refractivity contribution in [1.29, 1.82) is 0 Å². The SMILES string of the molecule is COc1ccc2c(c1)C1=CC(=O)CC1CO2. The van der Waals surface area contributed by atoms with Crippen LogP contribution in [0.25, 0.3) is 5.57 Å². The molecule has 0 radical (unpaired) electrons. The predicted molar refractivity (Wildman–Crippen MR) is 59.6 cm³/mol. The van der Waals surface area contributed by atoms with E-state index in [-0.39, 0.29) is 11.7 Å². The van der Waals surface area contributed by atoms with Gasteiger partial charge in [0.2, 0.25) is 0 Å². The molecule has 3 nitrogen and oxygen atoms in total. The van der Waals surface area contributed by atoms with E-state index in [4.69, 9.17) is 9.47 Å². The highest BCUT2D eigenvalue weighted by atomic mass is 16.5. The number of hydrogen-bond acceptors (Lipinski definition) is 3. The van der Waals surface area contributed by atoms with E-state index >= 15 is 0 Å². The maximum Gasteiger partial charge on any atom is 0.156 e. The van der Waals surface area contributed by atoms with Gasteiger partial charge in [-0.1, -0.05) is 0 Å². The fraction of sp³-hybridized carbons (Fsp3) is 0.308. The fourth-order valence-electron chi connectivity index (χ4n) is 2.33. The molecule has 2 aliphatic rings. The fourth-order valence-corrected chi connectivity index (χ4v) is 2.33. The van der Waals surface area contributed by atoms with Crippen LogP contribution in [0, 0.1) is 5.92 Å². The van der Waals surface area contributed by atoms with E-state index in [0.29, 0.717) is 13.0 Å². The number of methoxy groups -OCH3 is 1. The molecule has 1 aliphatic carbocycles. The zero-order valence-corrected chi connectivity index (χ0v) is 9.03. The summed E-state index contributed by atoms with van der Waals surface area (Å²) in [4.78, 5) is 11.4. The van der Waals surface area contributed by atoms with Crippen molar-refractivity contribution < 1.29 is 14.3 Å². The summed E-state index contributed by atoms with van der Waals surface area (Å²) in [5.74, 6) is 2.06. The third-order valence-electron chi connectivity index (χ3n) is 3.14. The first-order valence-electron chi connectivity index (χ1n) is 5.33. The molecule has 1 heterocycles. The van der Waals surface area contributed by atoms with E-state index in [1.807, 2.05) is 18.2 Å². The van der Waals surface area contributed by atoms with Gasteiger partial charge in [0.25, 0.3) is 0 Å². The lowest BCUT2D eigenvalue weighted by Crippen LogP contribution is -2.17.